The first kappa shape index (κ1) is 16.5. The van der Waals surface area contributed by atoms with Gasteiger partial charge in [0.2, 0.25) is 0 Å². The molecule has 0 amide bonds. The molecule has 1 aliphatic rings. The zero-order valence-corrected chi connectivity index (χ0v) is 15.4. The molecule has 0 aliphatic carbocycles. The van der Waals surface area contributed by atoms with Gasteiger partial charge in [0.1, 0.15) is 10.8 Å². The van der Waals surface area contributed by atoms with Gasteiger partial charge in [0.15, 0.2) is 0 Å². The van der Waals surface area contributed by atoms with Gasteiger partial charge in [-0.25, -0.2) is 9.97 Å². The van der Waals surface area contributed by atoms with Crippen LogP contribution in [0, 0.1) is 0 Å². The van der Waals surface area contributed by atoms with Gasteiger partial charge in [0.05, 0.1) is 10.7 Å². The van der Waals surface area contributed by atoms with Crippen LogP contribution in [0.15, 0.2) is 54.0 Å². The molecule has 128 valence electrons. The zero-order valence-electron chi connectivity index (χ0n) is 13.8. The second-order valence-corrected chi connectivity index (χ2v) is 7.34. The van der Waals surface area contributed by atoms with Gasteiger partial charge in [-0.05, 0) is 18.2 Å². The van der Waals surface area contributed by atoms with Crippen LogP contribution in [0.1, 0.15) is 5.69 Å². The van der Waals surface area contributed by atoms with E-state index < -0.39 is 0 Å². The highest BCUT2D eigenvalue weighted by Gasteiger charge is 2.19. The monoisotopic (exact) mass is 370 g/mol. The Morgan fingerprint density at radius 2 is 1.80 bits per heavy atom. The molecule has 1 aromatic carbocycles. The van der Waals surface area contributed by atoms with Crippen molar-refractivity contribution in [2.75, 3.05) is 31.1 Å². The van der Waals surface area contributed by atoms with Gasteiger partial charge in [-0.3, -0.25) is 4.90 Å². The van der Waals surface area contributed by atoms with Gasteiger partial charge in [-0.2, -0.15) is 0 Å². The molecule has 0 atom stereocenters. The third-order valence-corrected chi connectivity index (χ3v) is 5.64. The normalized spacial score (nSPS) is 15.5. The summed E-state index contributed by atoms with van der Waals surface area (Å²) in [5, 5.41) is 3.89. The number of piperazine rings is 1. The fraction of sp³-hybridized carbons (Fsp3) is 0.263. The van der Waals surface area contributed by atoms with Crippen molar-refractivity contribution in [2.45, 2.75) is 6.54 Å². The number of benzene rings is 1. The number of rotatable bonds is 4. The molecule has 6 heteroatoms. The Morgan fingerprint density at radius 3 is 2.56 bits per heavy atom. The van der Waals surface area contributed by atoms with Crippen LogP contribution in [0.5, 0.6) is 0 Å². The van der Waals surface area contributed by atoms with Gasteiger partial charge in [-0.1, -0.05) is 35.9 Å². The van der Waals surface area contributed by atoms with Gasteiger partial charge < -0.3 is 4.90 Å². The highest BCUT2D eigenvalue weighted by atomic mass is 35.5. The summed E-state index contributed by atoms with van der Waals surface area (Å²) in [5.41, 5.74) is 2.13. The minimum Gasteiger partial charge on any atom is -0.354 e. The van der Waals surface area contributed by atoms with Crippen LogP contribution in [0.4, 0.5) is 5.82 Å². The number of aromatic nitrogens is 2. The number of anilines is 1. The molecule has 0 spiro atoms. The van der Waals surface area contributed by atoms with Crippen LogP contribution in [-0.2, 0) is 6.54 Å². The lowest BCUT2D eigenvalue weighted by atomic mass is 10.2. The van der Waals surface area contributed by atoms with E-state index in [1.165, 1.54) is 0 Å². The van der Waals surface area contributed by atoms with E-state index in [4.69, 9.17) is 16.6 Å². The Balaban J connectivity index is 1.37. The van der Waals surface area contributed by atoms with E-state index in [0.717, 1.165) is 59.8 Å². The molecule has 4 nitrogen and oxygen atoms in total. The van der Waals surface area contributed by atoms with E-state index in [1.807, 2.05) is 42.6 Å². The number of nitrogens with zero attached hydrogens (tertiary/aromatic N) is 4. The molecule has 0 radical (unpaired) electrons. The Kier molecular flexibility index (Phi) is 4.97. The fourth-order valence-electron chi connectivity index (χ4n) is 3.04. The van der Waals surface area contributed by atoms with Crippen LogP contribution >= 0.6 is 22.9 Å². The summed E-state index contributed by atoms with van der Waals surface area (Å²) in [6.07, 6.45) is 1.85. The van der Waals surface area contributed by atoms with Crippen LogP contribution in [0.3, 0.4) is 0 Å². The third kappa shape index (κ3) is 3.84. The van der Waals surface area contributed by atoms with E-state index in [-0.39, 0.29) is 0 Å². The molecule has 0 bridgehead atoms. The standard InChI is InChI=1S/C19H19ClN4S/c20-17-6-2-1-5-16(17)19-22-15(14-25-19)13-23-9-11-24(12-10-23)18-7-3-4-8-21-18/h1-8,14H,9-13H2. The van der Waals surface area contributed by atoms with E-state index in [2.05, 4.69) is 26.2 Å². The number of hydrogen-bond donors (Lipinski definition) is 0. The van der Waals surface area contributed by atoms with Crippen molar-refractivity contribution < 1.29 is 0 Å². The molecule has 0 N–H and O–H groups in total. The molecule has 0 saturated carbocycles. The van der Waals surface area contributed by atoms with Crippen molar-refractivity contribution in [1.29, 1.82) is 0 Å². The first-order valence-electron chi connectivity index (χ1n) is 8.37. The summed E-state index contributed by atoms with van der Waals surface area (Å²) in [5.74, 6) is 1.07. The number of thiazole rings is 1. The molecule has 1 aliphatic heterocycles. The zero-order chi connectivity index (χ0) is 17.1. The predicted octanol–water partition coefficient (Wildman–Crippen LogP) is 4.18. The number of pyridine rings is 1. The average molecular weight is 371 g/mol. The second kappa shape index (κ2) is 7.52. The fourth-order valence-corrected chi connectivity index (χ4v) is 4.17. The first-order valence-corrected chi connectivity index (χ1v) is 9.63. The van der Waals surface area contributed by atoms with Crippen LogP contribution in [0.2, 0.25) is 5.02 Å². The molecule has 1 fully saturated rings. The van der Waals surface area contributed by atoms with Crippen molar-refractivity contribution in [3.8, 4) is 10.6 Å². The van der Waals surface area contributed by atoms with Crippen molar-refractivity contribution in [3.05, 3.63) is 64.8 Å². The quantitative estimate of drug-likeness (QED) is 0.689. The molecule has 2 aromatic heterocycles. The van der Waals surface area contributed by atoms with E-state index in [1.54, 1.807) is 11.3 Å². The Hall–Kier alpha value is -1.95. The highest BCUT2D eigenvalue weighted by molar-refractivity contribution is 7.13. The molecular weight excluding hydrogens is 352 g/mol. The maximum absolute atomic E-state index is 6.28. The van der Waals surface area contributed by atoms with E-state index in [9.17, 15) is 0 Å². The minimum atomic E-state index is 0.757. The van der Waals surface area contributed by atoms with E-state index >= 15 is 0 Å². The number of halogens is 1. The lowest BCUT2D eigenvalue weighted by molar-refractivity contribution is 0.247. The predicted molar refractivity (Wildman–Crippen MR) is 104 cm³/mol. The van der Waals surface area contributed by atoms with E-state index in [0.29, 0.717) is 0 Å². The Labute approximate surface area is 156 Å². The summed E-state index contributed by atoms with van der Waals surface area (Å²) in [6, 6.07) is 14.0. The smallest absolute Gasteiger partial charge is 0.128 e. The molecule has 3 aromatic rings. The van der Waals surface area contributed by atoms with Gasteiger partial charge in [0, 0.05) is 49.9 Å². The summed E-state index contributed by atoms with van der Waals surface area (Å²) in [4.78, 5) is 14.0. The molecular formula is C19H19ClN4S. The Bertz CT molecular complexity index is 828. The topological polar surface area (TPSA) is 32.3 Å². The summed E-state index contributed by atoms with van der Waals surface area (Å²) >= 11 is 7.94. The van der Waals surface area contributed by atoms with Crippen molar-refractivity contribution >= 4 is 28.8 Å². The van der Waals surface area contributed by atoms with Crippen molar-refractivity contribution in [1.82, 2.24) is 14.9 Å². The lowest BCUT2D eigenvalue weighted by Crippen LogP contribution is -2.46. The highest BCUT2D eigenvalue weighted by Crippen LogP contribution is 2.30. The first-order chi connectivity index (χ1) is 12.3. The molecule has 1 saturated heterocycles. The maximum atomic E-state index is 6.28. The number of hydrogen-bond acceptors (Lipinski definition) is 5. The van der Waals surface area contributed by atoms with Gasteiger partial charge in [-0.15, -0.1) is 11.3 Å². The largest absolute Gasteiger partial charge is 0.354 e. The average Bonchev–Trinajstić information content (AvgIpc) is 3.12. The van der Waals surface area contributed by atoms with Gasteiger partial charge in [0.25, 0.3) is 0 Å². The lowest BCUT2D eigenvalue weighted by Gasteiger charge is -2.35. The summed E-state index contributed by atoms with van der Waals surface area (Å²) in [6.45, 7) is 4.93. The van der Waals surface area contributed by atoms with Crippen molar-refractivity contribution in [2.24, 2.45) is 0 Å². The van der Waals surface area contributed by atoms with Crippen LogP contribution in [0.25, 0.3) is 10.6 Å². The summed E-state index contributed by atoms with van der Waals surface area (Å²) in [7, 11) is 0. The molecule has 0 unspecified atom stereocenters. The molecule has 3 heterocycles. The minimum absolute atomic E-state index is 0.757. The SMILES string of the molecule is Clc1ccccc1-c1nc(CN2CCN(c3ccccn3)CC2)cs1. The van der Waals surface area contributed by atoms with Gasteiger partial charge >= 0.3 is 0 Å². The molecule has 4 rings (SSSR count). The summed E-state index contributed by atoms with van der Waals surface area (Å²) < 4.78 is 0. The van der Waals surface area contributed by atoms with Crippen LogP contribution in [-0.4, -0.2) is 41.0 Å². The molecule has 25 heavy (non-hydrogen) atoms. The van der Waals surface area contributed by atoms with Crippen LogP contribution < -0.4 is 4.90 Å². The Morgan fingerprint density at radius 1 is 1.00 bits per heavy atom. The maximum Gasteiger partial charge on any atom is 0.128 e. The second-order valence-electron chi connectivity index (χ2n) is 6.07. The van der Waals surface area contributed by atoms with Crippen molar-refractivity contribution in [3.63, 3.8) is 0 Å². The third-order valence-electron chi connectivity index (χ3n) is 4.39.